The van der Waals surface area contributed by atoms with Crippen LogP contribution in [0.2, 0.25) is 0 Å². The number of aliphatic imine (C=N–C) groups is 1. The van der Waals surface area contributed by atoms with Gasteiger partial charge < -0.3 is 0 Å². The van der Waals surface area contributed by atoms with E-state index in [0.29, 0.717) is 20.4 Å². The molecule has 0 N–H and O–H groups in total. The number of hydrogen-bond donors (Lipinski definition) is 0. The van der Waals surface area contributed by atoms with Crippen LogP contribution in [0.25, 0.3) is 0 Å². The fourth-order valence-corrected chi connectivity index (χ4v) is 4.39. The minimum Gasteiger partial charge on any atom is -0.256 e. The maximum absolute atomic E-state index is 4.94. The standard InChI is InChI=1S/C25H28NP/c1-18(2)21-13-10-14-22(19(3)4)23(21)17-26-24-15-8-9-16-25(24)27-20-11-6-5-7-12-20/h5-19,27H,1-4H3. The van der Waals surface area contributed by atoms with Gasteiger partial charge in [0, 0.05) is 11.5 Å². The summed E-state index contributed by atoms with van der Waals surface area (Å²) >= 11 is 0. The van der Waals surface area contributed by atoms with E-state index in [1.807, 2.05) is 0 Å². The Morgan fingerprint density at radius 2 is 1.30 bits per heavy atom. The van der Waals surface area contributed by atoms with Gasteiger partial charge >= 0.3 is 0 Å². The Kier molecular flexibility index (Phi) is 6.58. The number of hydrogen-bond acceptors (Lipinski definition) is 1. The molecule has 0 aliphatic carbocycles. The van der Waals surface area contributed by atoms with E-state index in [0.717, 1.165) is 5.69 Å². The first-order valence-electron chi connectivity index (χ1n) is 9.64. The summed E-state index contributed by atoms with van der Waals surface area (Å²) < 4.78 is 0. The van der Waals surface area contributed by atoms with Gasteiger partial charge in [0.1, 0.15) is 0 Å². The second-order valence-corrected chi connectivity index (χ2v) is 8.79. The molecule has 1 nitrogen and oxygen atoms in total. The zero-order valence-corrected chi connectivity index (χ0v) is 17.6. The highest BCUT2D eigenvalue weighted by Crippen LogP contribution is 2.27. The molecule has 0 aliphatic heterocycles. The summed E-state index contributed by atoms with van der Waals surface area (Å²) in [7, 11) is 0.614. The fourth-order valence-electron chi connectivity index (χ4n) is 3.26. The third-order valence-corrected chi connectivity index (χ3v) is 6.02. The Labute approximate surface area is 165 Å². The summed E-state index contributed by atoms with van der Waals surface area (Å²) in [5.74, 6) is 0.957. The van der Waals surface area contributed by atoms with E-state index in [1.165, 1.54) is 27.3 Å². The number of rotatable bonds is 6. The van der Waals surface area contributed by atoms with Gasteiger partial charge in [0.15, 0.2) is 0 Å². The molecule has 0 saturated carbocycles. The molecule has 0 fully saturated rings. The van der Waals surface area contributed by atoms with Crippen molar-refractivity contribution in [3.05, 3.63) is 89.5 Å². The lowest BCUT2D eigenvalue weighted by molar-refractivity contribution is 0.830. The van der Waals surface area contributed by atoms with Gasteiger partial charge in [-0.1, -0.05) is 103 Å². The van der Waals surface area contributed by atoms with Gasteiger partial charge in [-0.25, -0.2) is 0 Å². The fraction of sp³-hybridized carbons (Fsp3) is 0.240. The van der Waals surface area contributed by atoms with Gasteiger partial charge in [0.2, 0.25) is 0 Å². The van der Waals surface area contributed by atoms with Gasteiger partial charge in [-0.05, 0) is 39.9 Å². The van der Waals surface area contributed by atoms with Gasteiger partial charge in [-0.2, -0.15) is 0 Å². The molecule has 0 spiro atoms. The zero-order chi connectivity index (χ0) is 19.2. The Morgan fingerprint density at radius 1 is 0.704 bits per heavy atom. The van der Waals surface area contributed by atoms with Gasteiger partial charge in [-0.3, -0.25) is 4.99 Å². The third kappa shape index (κ3) is 4.93. The van der Waals surface area contributed by atoms with Crippen molar-refractivity contribution in [2.45, 2.75) is 39.5 Å². The SMILES string of the molecule is CC(C)c1cccc(C(C)C)c1C=Nc1ccccc1Pc1ccccc1. The molecule has 0 bridgehead atoms. The lowest BCUT2D eigenvalue weighted by Crippen LogP contribution is -2.05. The first-order valence-corrected chi connectivity index (χ1v) is 10.6. The van der Waals surface area contributed by atoms with Gasteiger partial charge in [0.05, 0.1) is 5.69 Å². The zero-order valence-electron chi connectivity index (χ0n) is 16.6. The molecular formula is C25H28NP. The van der Waals surface area contributed by atoms with Crippen molar-refractivity contribution in [3.63, 3.8) is 0 Å². The average Bonchev–Trinajstić information content (AvgIpc) is 2.67. The molecule has 3 rings (SSSR count). The van der Waals surface area contributed by atoms with E-state index >= 15 is 0 Å². The highest BCUT2D eigenvalue weighted by Gasteiger charge is 2.12. The van der Waals surface area contributed by atoms with Crippen LogP contribution in [0, 0.1) is 0 Å². The summed E-state index contributed by atoms with van der Waals surface area (Å²) in [5.41, 5.74) is 5.08. The largest absolute Gasteiger partial charge is 0.256 e. The Balaban J connectivity index is 1.98. The van der Waals surface area contributed by atoms with Crippen LogP contribution in [0.4, 0.5) is 5.69 Å². The quantitative estimate of drug-likeness (QED) is 0.354. The summed E-state index contributed by atoms with van der Waals surface area (Å²) in [6.07, 6.45) is 2.08. The maximum Gasteiger partial charge on any atom is 0.0707 e. The van der Waals surface area contributed by atoms with Gasteiger partial charge in [0.25, 0.3) is 0 Å². The number of nitrogens with zero attached hydrogens (tertiary/aromatic N) is 1. The van der Waals surface area contributed by atoms with Crippen LogP contribution in [-0.4, -0.2) is 6.21 Å². The third-order valence-electron chi connectivity index (χ3n) is 4.71. The minimum atomic E-state index is 0.478. The summed E-state index contributed by atoms with van der Waals surface area (Å²) in [5, 5.41) is 2.62. The van der Waals surface area contributed by atoms with Crippen molar-refractivity contribution < 1.29 is 0 Å². The molecule has 3 aromatic carbocycles. The number of benzene rings is 3. The lowest BCUT2D eigenvalue weighted by atomic mass is 9.89. The predicted octanol–water partition coefficient (Wildman–Crippen LogP) is 6.31. The molecule has 0 heterocycles. The molecule has 0 aliphatic rings. The minimum absolute atomic E-state index is 0.478. The van der Waals surface area contributed by atoms with Crippen molar-refractivity contribution in [3.8, 4) is 0 Å². The monoisotopic (exact) mass is 373 g/mol. The van der Waals surface area contributed by atoms with Crippen LogP contribution in [0.1, 0.15) is 56.2 Å². The van der Waals surface area contributed by atoms with E-state index < -0.39 is 0 Å². The molecule has 0 saturated heterocycles. The summed E-state index contributed by atoms with van der Waals surface area (Å²) in [6, 6.07) is 25.8. The Hall–Kier alpha value is -2.24. The maximum atomic E-state index is 4.94. The van der Waals surface area contributed by atoms with Crippen LogP contribution in [0.3, 0.4) is 0 Å². The second kappa shape index (κ2) is 9.11. The van der Waals surface area contributed by atoms with Crippen LogP contribution in [-0.2, 0) is 0 Å². The van der Waals surface area contributed by atoms with Crippen LogP contribution < -0.4 is 10.6 Å². The average molecular weight is 373 g/mol. The lowest BCUT2D eigenvalue weighted by Gasteiger charge is -2.16. The molecule has 27 heavy (non-hydrogen) atoms. The molecule has 0 radical (unpaired) electrons. The van der Waals surface area contributed by atoms with E-state index in [9.17, 15) is 0 Å². The van der Waals surface area contributed by atoms with E-state index in [4.69, 9.17) is 4.99 Å². The van der Waals surface area contributed by atoms with Crippen LogP contribution >= 0.6 is 8.58 Å². The molecule has 138 valence electrons. The molecule has 0 aromatic heterocycles. The highest BCUT2D eigenvalue weighted by atomic mass is 31.1. The topological polar surface area (TPSA) is 12.4 Å². The van der Waals surface area contributed by atoms with Crippen LogP contribution in [0.5, 0.6) is 0 Å². The molecule has 1 atom stereocenters. The molecule has 0 amide bonds. The summed E-state index contributed by atoms with van der Waals surface area (Å²) in [4.78, 5) is 4.94. The van der Waals surface area contributed by atoms with Crippen LogP contribution in [0.15, 0.2) is 77.8 Å². The highest BCUT2D eigenvalue weighted by molar-refractivity contribution is 7.55. The van der Waals surface area contributed by atoms with Crippen molar-refractivity contribution in [1.29, 1.82) is 0 Å². The first-order chi connectivity index (χ1) is 13.1. The molecule has 3 aromatic rings. The smallest absolute Gasteiger partial charge is 0.0707 e. The Bertz CT molecular complexity index is 884. The molecule has 2 heteroatoms. The van der Waals surface area contributed by atoms with Crippen molar-refractivity contribution in [1.82, 2.24) is 0 Å². The second-order valence-electron chi connectivity index (χ2n) is 7.43. The molecule has 1 unspecified atom stereocenters. The molecular weight excluding hydrogens is 345 g/mol. The van der Waals surface area contributed by atoms with Crippen molar-refractivity contribution in [2.75, 3.05) is 0 Å². The van der Waals surface area contributed by atoms with E-state index in [-0.39, 0.29) is 0 Å². The normalized spacial score (nSPS) is 12.1. The summed E-state index contributed by atoms with van der Waals surface area (Å²) in [6.45, 7) is 9.01. The Morgan fingerprint density at radius 3 is 1.93 bits per heavy atom. The number of para-hydroxylation sites is 1. The van der Waals surface area contributed by atoms with E-state index in [1.54, 1.807) is 0 Å². The van der Waals surface area contributed by atoms with Crippen molar-refractivity contribution in [2.24, 2.45) is 4.99 Å². The van der Waals surface area contributed by atoms with E-state index in [2.05, 4.69) is 107 Å². The van der Waals surface area contributed by atoms with Crippen molar-refractivity contribution >= 4 is 31.1 Å². The first kappa shape index (κ1) is 19.5. The van der Waals surface area contributed by atoms with Gasteiger partial charge in [-0.15, -0.1) is 0 Å². The predicted molar refractivity (Wildman–Crippen MR) is 122 cm³/mol.